The molecule has 2 aromatic heterocycles. The van der Waals surface area contributed by atoms with Gasteiger partial charge >= 0.3 is 0 Å². The van der Waals surface area contributed by atoms with E-state index in [4.69, 9.17) is 9.68 Å². The van der Waals surface area contributed by atoms with Crippen LogP contribution in [0.25, 0.3) is 22.4 Å². The Morgan fingerprint density at radius 1 is 1.14 bits per heavy atom. The maximum atomic E-state index is 12.7. The van der Waals surface area contributed by atoms with E-state index in [9.17, 15) is 4.79 Å². The molecule has 0 aliphatic rings. The Hall–Kier alpha value is -3.44. The number of rotatable bonds is 5. The van der Waals surface area contributed by atoms with Gasteiger partial charge in [-0.15, -0.1) is 10.2 Å². The Bertz CT molecular complexity index is 1280. The van der Waals surface area contributed by atoms with Crippen LogP contribution in [0.2, 0.25) is 0 Å². The van der Waals surface area contributed by atoms with Crippen molar-refractivity contribution in [2.24, 2.45) is 0 Å². The highest BCUT2D eigenvalue weighted by Gasteiger charge is 2.14. The van der Waals surface area contributed by atoms with Crippen LogP contribution in [-0.2, 0) is 12.3 Å². The lowest BCUT2D eigenvalue weighted by Crippen LogP contribution is -2.24. The van der Waals surface area contributed by atoms with Crippen molar-refractivity contribution < 1.29 is 4.42 Å². The lowest BCUT2D eigenvalue weighted by molar-refractivity contribution is 0.465. The van der Waals surface area contributed by atoms with Gasteiger partial charge in [0.2, 0.25) is 5.89 Å². The maximum absolute atomic E-state index is 12.7. The van der Waals surface area contributed by atoms with E-state index in [2.05, 4.69) is 21.2 Å². The molecule has 2 aromatic carbocycles. The van der Waals surface area contributed by atoms with Crippen LogP contribution in [0.15, 0.2) is 56.9 Å². The summed E-state index contributed by atoms with van der Waals surface area (Å²) in [7, 11) is 0. The minimum absolute atomic E-state index is 0.0653. The maximum Gasteiger partial charge on any atom is 0.277 e. The van der Waals surface area contributed by atoms with Crippen molar-refractivity contribution in [2.75, 3.05) is 0 Å². The van der Waals surface area contributed by atoms with Crippen LogP contribution in [-0.4, -0.2) is 19.7 Å². The summed E-state index contributed by atoms with van der Waals surface area (Å²) in [5, 5.41) is 18.2. The van der Waals surface area contributed by atoms with Gasteiger partial charge in [0, 0.05) is 5.56 Å². The normalized spacial score (nSPS) is 10.9. The van der Waals surface area contributed by atoms with Gasteiger partial charge in [0.05, 0.1) is 22.7 Å². The van der Waals surface area contributed by atoms with Gasteiger partial charge < -0.3 is 4.42 Å². The average molecular weight is 403 g/mol. The fraction of sp³-hybridized carbons (Fsp3) is 0.190. The van der Waals surface area contributed by atoms with Gasteiger partial charge in [-0.2, -0.15) is 5.26 Å². The summed E-state index contributed by atoms with van der Waals surface area (Å²) in [4.78, 5) is 17.3. The van der Waals surface area contributed by atoms with Gasteiger partial charge in [-0.3, -0.25) is 9.36 Å². The van der Waals surface area contributed by atoms with Gasteiger partial charge in [-0.05, 0) is 38.1 Å². The fourth-order valence-corrected chi connectivity index (χ4v) is 3.88. The van der Waals surface area contributed by atoms with Crippen molar-refractivity contribution in [1.29, 1.82) is 5.26 Å². The third kappa shape index (κ3) is 3.91. The first-order valence-electron chi connectivity index (χ1n) is 8.95. The summed E-state index contributed by atoms with van der Waals surface area (Å²) in [5.74, 6) is 1.27. The van der Waals surface area contributed by atoms with Gasteiger partial charge in [0.25, 0.3) is 10.8 Å². The van der Waals surface area contributed by atoms with E-state index in [1.54, 1.807) is 18.2 Å². The molecule has 0 unspecified atom stereocenters. The Morgan fingerprint density at radius 2 is 1.90 bits per heavy atom. The third-order valence-corrected chi connectivity index (χ3v) is 5.18. The molecule has 144 valence electrons. The average Bonchev–Trinajstić information content (AvgIpc) is 3.17. The standard InChI is InChI=1S/C21H17N5O2S/c1-13-9-14(2)11-15(10-13)19-24-25-21(28-19)29-12-18-23-17-6-4-3-5-16(17)20(27)26(18)8-7-22/h3-6,9-11H,8,12H2,1-2H3. The summed E-state index contributed by atoms with van der Waals surface area (Å²) in [6.07, 6.45) is 0. The minimum Gasteiger partial charge on any atom is -0.411 e. The highest BCUT2D eigenvalue weighted by atomic mass is 32.2. The molecule has 0 aliphatic carbocycles. The second-order valence-electron chi connectivity index (χ2n) is 6.63. The van der Waals surface area contributed by atoms with Crippen molar-refractivity contribution in [2.45, 2.75) is 31.4 Å². The van der Waals surface area contributed by atoms with Crippen LogP contribution in [0.3, 0.4) is 0 Å². The van der Waals surface area contributed by atoms with Crippen LogP contribution in [0, 0.1) is 25.2 Å². The van der Waals surface area contributed by atoms with E-state index in [0.717, 1.165) is 16.7 Å². The first kappa shape index (κ1) is 18.9. The molecule has 8 heteroatoms. The summed E-state index contributed by atoms with van der Waals surface area (Å²) in [5.41, 5.74) is 3.48. The molecule has 0 fully saturated rings. The summed E-state index contributed by atoms with van der Waals surface area (Å²) < 4.78 is 7.17. The Kier molecular flexibility index (Phi) is 5.14. The number of aromatic nitrogens is 4. The molecule has 2 heterocycles. The number of fused-ring (bicyclic) bond motifs is 1. The second kappa shape index (κ2) is 7.89. The van der Waals surface area contributed by atoms with Crippen molar-refractivity contribution in [3.63, 3.8) is 0 Å². The number of aryl methyl sites for hydroxylation is 2. The lowest BCUT2D eigenvalue weighted by Gasteiger charge is -2.09. The second-order valence-corrected chi connectivity index (χ2v) is 7.56. The van der Waals surface area contributed by atoms with Crippen molar-refractivity contribution in [3.8, 4) is 17.5 Å². The molecular formula is C21H17N5O2S. The number of nitrogens with zero attached hydrogens (tertiary/aromatic N) is 5. The zero-order valence-corrected chi connectivity index (χ0v) is 16.7. The lowest BCUT2D eigenvalue weighted by atomic mass is 10.1. The topological polar surface area (TPSA) is 97.6 Å². The molecule has 0 aliphatic heterocycles. The molecule has 0 atom stereocenters. The number of thioether (sulfide) groups is 1. The summed E-state index contributed by atoms with van der Waals surface area (Å²) in [6.45, 7) is 3.97. The summed E-state index contributed by atoms with van der Waals surface area (Å²) in [6, 6.07) is 15.2. The molecule has 4 rings (SSSR count). The molecule has 0 radical (unpaired) electrons. The monoisotopic (exact) mass is 403 g/mol. The largest absolute Gasteiger partial charge is 0.411 e. The number of benzene rings is 2. The predicted octanol–water partition coefficient (Wildman–Crippen LogP) is 3.88. The molecule has 0 saturated heterocycles. The molecule has 0 N–H and O–H groups in total. The number of nitriles is 1. The number of hydrogen-bond donors (Lipinski definition) is 0. The van der Waals surface area contributed by atoms with Crippen molar-refractivity contribution in [1.82, 2.24) is 19.7 Å². The van der Waals surface area contributed by atoms with E-state index in [1.807, 2.05) is 38.1 Å². The van der Waals surface area contributed by atoms with Gasteiger partial charge in [-0.25, -0.2) is 4.98 Å². The van der Waals surface area contributed by atoms with Crippen LogP contribution < -0.4 is 5.56 Å². The van der Waals surface area contributed by atoms with Crippen molar-refractivity contribution in [3.05, 3.63) is 69.8 Å². The van der Waals surface area contributed by atoms with Gasteiger partial charge in [-0.1, -0.05) is 41.1 Å². The van der Waals surface area contributed by atoms with E-state index in [-0.39, 0.29) is 12.1 Å². The number of para-hydroxylation sites is 1. The van der Waals surface area contributed by atoms with Crippen LogP contribution in [0.5, 0.6) is 0 Å². The Morgan fingerprint density at radius 3 is 2.66 bits per heavy atom. The fourth-order valence-electron chi connectivity index (χ4n) is 3.17. The van der Waals surface area contributed by atoms with Crippen molar-refractivity contribution >= 4 is 22.7 Å². The quantitative estimate of drug-likeness (QED) is 0.466. The predicted molar refractivity (Wildman–Crippen MR) is 110 cm³/mol. The zero-order valence-electron chi connectivity index (χ0n) is 15.9. The highest BCUT2D eigenvalue weighted by molar-refractivity contribution is 7.98. The minimum atomic E-state index is -0.228. The SMILES string of the molecule is Cc1cc(C)cc(-c2nnc(SCc3nc4ccccc4c(=O)n3CC#N)o2)c1. The molecular weight excluding hydrogens is 386 g/mol. The van der Waals surface area contributed by atoms with E-state index < -0.39 is 0 Å². The molecule has 0 amide bonds. The highest BCUT2D eigenvalue weighted by Crippen LogP contribution is 2.26. The molecule has 0 saturated carbocycles. The molecule has 0 bridgehead atoms. The Balaban J connectivity index is 1.62. The first-order chi connectivity index (χ1) is 14.0. The van der Waals surface area contributed by atoms with E-state index in [0.29, 0.717) is 33.6 Å². The van der Waals surface area contributed by atoms with E-state index in [1.165, 1.54) is 16.3 Å². The van der Waals surface area contributed by atoms with Crippen LogP contribution >= 0.6 is 11.8 Å². The Labute approximate surface area is 171 Å². The first-order valence-corrected chi connectivity index (χ1v) is 9.94. The van der Waals surface area contributed by atoms with Gasteiger partial charge in [0.1, 0.15) is 12.4 Å². The molecule has 7 nitrogen and oxygen atoms in total. The number of hydrogen-bond acceptors (Lipinski definition) is 7. The third-order valence-electron chi connectivity index (χ3n) is 4.37. The van der Waals surface area contributed by atoms with Crippen LogP contribution in [0.4, 0.5) is 0 Å². The summed E-state index contributed by atoms with van der Waals surface area (Å²) >= 11 is 1.28. The van der Waals surface area contributed by atoms with Gasteiger partial charge in [0.15, 0.2) is 0 Å². The molecule has 0 spiro atoms. The molecule has 4 aromatic rings. The zero-order chi connectivity index (χ0) is 20.4. The van der Waals surface area contributed by atoms with E-state index >= 15 is 0 Å². The van der Waals surface area contributed by atoms with Crippen LogP contribution in [0.1, 0.15) is 17.0 Å². The smallest absolute Gasteiger partial charge is 0.277 e. The molecule has 29 heavy (non-hydrogen) atoms.